The summed E-state index contributed by atoms with van der Waals surface area (Å²) in [5, 5.41) is 6.68. The van der Waals surface area contributed by atoms with Gasteiger partial charge in [-0.05, 0) is 37.1 Å². The monoisotopic (exact) mass is 346 g/mol. The lowest BCUT2D eigenvalue weighted by atomic mass is 9.88. The number of nitrogens with one attached hydrogen (secondary N) is 1. The number of rotatable bonds is 2. The van der Waals surface area contributed by atoms with Gasteiger partial charge in [0.25, 0.3) is 5.91 Å². The van der Waals surface area contributed by atoms with E-state index in [9.17, 15) is 4.79 Å². The summed E-state index contributed by atoms with van der Waals surface area (Å²) in [5.74, 6) is 1.13. The highest BCUT2D eigenvalue weighted by Gasteiger charge is 2.47. The Hall–Kier alpha value is -1.85. The predicted molar refractivity (Wildman–Crippen MR) is 95.3 cm³/mol. The molecule has 2 aliphatic heterocycles. The lowest BCUT2D eigenvalue weighted by Crippen LogP contribution is -2.33. The first-order valence-electron chi connectivity index (χ1n) is 8.19. The lowest BCUT2D eigenvalue weighted by molar-refractivity contribution is 0.0762. The minimum absolute atomic E-state index is 0. The number of benzene rings is 1. The number of aromatic nitrogens is 2. The highest BCUT2D eigenvalue weighted by molar-refractivity contribution is 5.92. The van der Waals surface area contributed by atoms with Crippen molar-refractivity contribution >= 4 is 18.3 Å². The van der Waals surface area contributed by atoms with Crippen molar-refractivity contribution in [3.8, 4) is 0 Å². The second-order valence-corrected chi connectivity index (χ2v) is 6.85. The van der Waals surface area contributed by atoms with Crippen molar-refractivity contribution < 1.29 is 4.79 Å². The van der Waals surface area contributed by atoms with E-state index in [0.29, 0.717) is 23.6 Å². The summed E-state index contributed by atoms with van der Waals surface area (Å²) >= 11 is 0. The van der Waals surface area contributed by atoms with Crippen LogP contribution in [-0.4, -0.2) is 52.6 Å². The summed E-state index contributed by atoms with van der Waals surface area (Å²) in [7, 11) is 2.20. The van der Waals surface area contributed by atoms with Crippen molar-refractivity contribution in [2.75, 3.05) is 26.7 Å². The predicted octanol–water partition coefficient (Wildman–Crippen LogP) is 2.51. The SMILES string of the molecule is Cc1ccccc1[C@H]1[C@@H]2CN(C(=O)c3ccn[nH]3)C[C@@H]2CN1C.Cl. The second kappa shape index (κ2) is 6.57. The zero-order valence-electron chi connectivity index (χ0n) is 14.0. The number of fused-ring (bicyclic) bond motifs is 1. The Morgan fingerprint density at radius 3 is 2.71 bits per heavy atom. The van der Waals surface area contributed by atoms with E-state index < -0.39 is 0 Å². The quantitative estimate of drug-likeness (QED) is 0.909. The molecule has 128 valence electrons. The van der Waals surface area contributed by atoms with E-state index in [-0.39, 0.29) is 18.3 Å². The van der Waals surface area contributed by atoms with Crippen molar-refractivity contribution in [1.82, 2.24) is 20.0 Å². The van der Waals surface area contributed by atoms with Crippen LogP contribution >= 0.6 is 12.4 Å². The summed E-state index contributed by atoms with van der Waals surface area (Å²) in [6.45, 7) is 4.90. The van der Waals surface area contributed by atoms with Crippen LogP contribution in [0.3, 0.4) is 0 Å². The number of hydrogen-bond acceptors (Lipinski definition) is 3. The molecule has 4 rings (SSSR count). The van der Waals surface area contributed by atoms with E-state index in [1.54, 1.807) is 12.3 Å². The number of carbonyl (C=O) groups is 1. The van der Waals surface area contributed by atoms with Crippen LogP contribution in [0.4, 0.5) is 0 Å². The van der Waals surface area contributed by atoms with Crippen LogP contribution in [0, 0.1) is 18.8 Å². The number of H-pyrrole nitrogens is 1. The first kappa shape index (κ1) is 17.0. The number of nitrogens with zero attached hydrogens (tertiary/aromatic N) is 3. The maximum absolute atomic E-state index is 12.6. The van der Waals surface area contributed by atoms with Gasteiger partial charge in [-0.15, -0.1) is 12.4 Å². The molecule has 1 aromatic heterocycles. The molecule has 0 saturated carbocycles. The normalized spacial score (nSPS) is 26.2. The lowest BCUT2D eigenvalue weighted by Gasteiger charge is -2.28. The van der Waals surface area contributed by atoms with Crippen LogP contribution in [0.1, 0.15) is 27.7 Å². The molecule has 0 radical (unpaired) electrons. The van der Waals surface area contributed by atoms with Crippen LogP contribution in [0.25, 0.3) is 0 Å². The Morgan fingerprint density at radius 1 is 1.21 bits per heavy atom. The van der Waals surface area contributed by atoms with Gasteiger partial charge in [0, 0.05) is 37.8 Å². The van der Waals surface area contributed by atoms with Gasteiger partial charge < -0.3 is 4.90 Å². The van der Waals surface area contributed by atoms with Crippen LogP contribution in [0.5, 0.6) is 0 Å². The van der Waals surface area contributed by atoms with E-state index >= 15 is 0 Å². The number of carbonyl (C=O) groups excluding carboxylic acids is 1. The van der Waals surface area contributed by atoms with Crippen molar-refractivity contribution in [2.45, 2.75) is 13.0 Å². The Labute approximate surface area is 148 Å². The molecular weight excluding hydrogens is 324 g/mol. The number of amides is 1. The number of aryl methyl sites for hydroxylation is 1. The molecule has 2 aromatic rings. The highest BCUT2D eigenvalue weighted by atomic mass is 35.5. The zero-order chi connectivity index (χ0) is 16.0. The number of likely N-dealkylation sites (tertiary alicyclic amines) is 2. The first-order chi connectivity index (χ1) is 11.1. The average molecular weight is 347 g/mol. The van der Waals surface area contributed by atoms with Gasteiger partial charge >= 0.3 is 0 Å². The fourth-order valence-corrected chi connectivity index (χ4v) is 4.36. The molecule has 1 aromatic carbocycles. The molecule has 2 fully saturated rings. The molecule has 0 bridgehead atoms. The number of hydrogen-bond donors (Lipinski definition) is 1. The van der Waals surface area contributed by atoms with Crippen molar-refractivity contribution in [2.24, 2.45) is 11.8 Å². The third-order valence-electron chi connectivity index (χ3n) is 5.42. The summed E-state index contributed by atoms with van der Waals surface area (Å²) in [6, 6.07) is 10.8. The largest absolute Gasteiger partial charge is 0.337 e. The molecule has 1 N–H and O–H groups in total. The first-order valence-corrected chi connectivity index (χ1v) is 8.19. The Kier molecular flexibility index (Phi) is 4.65. The van der Waals surface area contributed by atoms with Gasteiger partial charge in [0.05, 0.1) is 0 Å². The standard InChI is InChI=1S/C18H22N4O.ClH/c1-12-5-3-4-6-14(12)17-15-11-22(10-13(15)9-21(17)2)18(23)16-7-8-19-20-16;/h3-8,13,15,17H,9-11H2,1-2H3,(H,19,20);1H/t13-,15+,17-;/m0./s1. The molecule has 24 heavy (non-hydrogen) atoms. The number of aromatic amines is 1. The Morgan fingerprint density at radius 2 is 2.00 bits per heavy atom. The molecular formula is C18H23ClN4O. The third-order valence-corrected chi connectivity index (χ3v) is 5.42. The van der Waals surface area contributed by atoms with Crippen LogP contribution < -0.4 is 0 Å². The maximum atomic E-state index is 12.6. The molecule has 3 heterocycles. The van der Waals surface area contributed by atoms with Gasteiger partial charge in [-0.25, -0.2) is 0 Å². The summed E-state index contributed by atoms with van der Waals surface area (Å²) < 4.78 is 0. The van der Waals surface area contributed by atoms with E-state index in [1.807, 2.05) is 4.90 Å². The molecule has 0 aliphatic carbocycles. The van der Waals surface area contributed by atoms with Gasteiger partial charge in [0.2, 0.25) is 0 Å². The maximum Gasteiger partial charge on any atom is 0.271 e. The van der Waals surface area contributed by atoms with Gasteiger partial charge in [-0.3, -0.25) is 14.8 Å². The molecule has 6 heteroatoms. The molecule has 0 spiro atoms. The fourth-order valence-electron chi connectivity index (χ4n) is 4.36. The Balaban J connectivity index is 0.00000169. The van der Waals surface area contributed by atoms with Crippen molar-refractivity contribution in [3.63, 3.8) is 0 Å². The van der Waals surface area contributed by atoms with E-state index in [0.717, 1.165) is 19.6 Å². The molecule has 0 unspecified atom stereocenters. The summed E-state index contributed by atoms with van der Waals surface area (Å²) in [5.41, 5.74) is 3.33. The zero-order valence-corrected chi connectivity index (χ0v) is 14.8. The third kappa shape index (κ3) is 2.72. The minimum Gasteiger partial charge on any atom is -0.337 e. The minimum atomic E-state index is 0. The van der Waals surface area contributed by atoms with Crippen molar-refractivity contribution in [1.29, 1.82) is 0 Å². The van der Waals surface area contributed by atoms with Gasteiger partial charge in [-0.1, -0.05) is 24.3 Å². The topological polar surface area (TPSA) is 52.2 Å². The average Bonchev–Trinajstić information content (AvgIpc) is 3.23. The van der Waals surface area contributed by atoms with Crippen LogP contribution in [-0.2, 0) is 0 Å². The summed E-state index contributed by atoms with van der Waals surface area (Å²) in [6.07, 6.45) is 1.63. The molecule has 2 saturated heterocycles. The second-order valence-electron chi connectivity index (χ2n) is 6.85. The van der Waals surface area contributed by atoms with E-state index in [1.165, 1.54) is 11.1 Å². The molecule has 3 atom stereocenters. The van der Waals surface area contributed by atoms with Gasteiger partial charge in [0.1, 0.15) is 5.69 Å². The fraction of sp³-hybridized carbons (Fsp3) is 0.444. The van der Waals surface area contributed by atoms with Crippen LogP contribution in [0.2, 0.25) is 0 Å². The smallest absolute Gasteiger partial charge is 0.271 e. The molecule has 2 aliphatic rings. The summed E-state index contributed by atoms with van der Waals surface area (Å²) in [4.78, 5) is 17.0. The Bertz CT molecular complexity index is 718. The van der Waals surface area contributed by atoms with Crippen LogP contribution in [0.15, 0.2) is 36.5 Å². The van der Waals surface area contributed by atoms with Crippen molar-refractivity contribution in [3.05, 3.63) is 53.3 Å². The van der Waals surface area contributed by atoms with Gasteiger partial charge in [-0.2, -0.15) is 5.10 Å². The molecule has 5 nitrogen and oxygen atoms in total. The number of halogens is 1. The molecule has 1 amide bonds. The van der Waals surface area contributed by atoms with Gasteiger partial charge in [0.15, 0.2) is 0 Å². The van der Waals surface area contributed by atoms with E-state index in [4.69, 9.17) is 0 Å². The highest BCUT2D eigenvalue weighted by Crippen LogP contribution is 2.44. The van der Waals surface area contributed by atoms with E-state index in [2.05, 4.69) is 53.3 Å².